The van der Waals surface area contributed by atoms with E-state index in [-0.39, 0.29) is 0 Å². The smallest absolute Gasteiger partial charge is 0.206 e. The molecule has 0 heterocycles. The first kappa shape index (κ1) is 10.7. The first-order chi connectivity index (χ1) is 6.50. The van der Waals surface area contributed by atoms with Crippen LogP contribution in [0.15, 0.2) is 0 Å². The molecule has 0 N–H and O–H groups in total. The summed E-state index contributed by atoms with van der Waals surface area (Å²) in [6.45, 7) is 2.60. The van der Waals surface area contributed by atoms with Gasteiger partial charge in [0.1, 0.15) is 0 Å². The van der Waals surface area contributed by atoms with Gasteiger partial charge in [0.2, 0.25) is 29.1 Å². The van der Waals surface area contributed by atoms with E-state index >= 15 is 0 Å². The van der Waals surface area contributed by atoms with Gasteiger partial charge in [0.25, 0.3) is 0 Å². The molecule has 0 saturated heterocycles. The first-order valence-electron chi connectivity index (χ1n) is 3.44. The highest BCUT2D eigenvalue weighted by Gasteiger charge is 2.26. The van der Waals surface area contributed by atoms with Crippen molar-refractivity contribution < 1.29 is 26.7 Å². The largest absolute Gasteiger partial charge is 0.487 e. The molecule has 0 saturated carbocycles. The van der Waals surface area contributed by atoms with Crippen LogP contribution in [-0.4, -0.2) is 6.61 Å². The SMILES string of the molecule is [CH2]COc1c(F)c(F)c(F)c(F)c1F. The third-order valence-electron chi connectivity index (χ3n) is 1.42. The highest BCUT2D eigenvalue weighted by atomic mass is 19.2. The molecule has 0 aliphatic carbocycles. The maximum atomic E-state index is 12.7. The number of hydrogen-bond acceptors (Lipinski definition) is 1. The van der Waals surface area contributed by atoms with Gasteiger partial charge in [0, 0.05) is 0 Å². The standard InChI is InChI=1S/C8H4F5O/c1-2-14-8-6(12)4(10)3(9)5(11)7(8)13/h1-2H2. The molecule has 0 amide bonds. The Labute approximate surface area is 76.1 Å². The molecule has 1 aromatic carbocycles. The van der Waals surface area contributed by atoms with Gasteiger partial charge in [0.05, 0.1) is 6.61 Å². The van der Waals surface area contributed by atoms with Gasteiger partial charge in [0.15, 0.2) is 5.75 Å². The summed E-state index contributed by atoms with van der Waals surface area (Å²) >= 11 is 0. The van der Waals surface area contributed by atoms with E-state index < -0.39 is 41.4 Å². The van der Waals surface area contributed by atoms with Crippen LogP contribution in [0.25, 0.3) is 0 Å². The van der Waals surface area contributed by atoms with Crippen LogP contribution in [0.2, 0.25) is 0 Å². The monoisotopic (exact) mass is 211 g/mol. The molecule has 0 spiro atoms. The summed E-state index contributed by atoms with van der Waals surface area (Å²) in [5.41, 5.74) is 0. The van der Waals surface area contributed by atoms with Gasteiger partial charge < -0.3 is 4.74 Å². The average Bonchev–Trinajstić information content (AvgIpc) is 2.19. The molecule has 1 rings (SSSR count). The zero-order chi connectivity index (χ0) is 10.9. The molecule has 77 valence electrons. The molecule has 1 aromatic rings. The third-order valence-corrected chi connectivity index (χ3v) is 1.42. The Kier molecular flexibility index (Phi) is 2.93. The first-order valence-corrected chi connectivity index (χ1v) is 3.44. The Morgan fingerprint density at radius 3 is 1.50 bits per heavy atom. The molecule has 0 aliphatic rings. The van der Waals surface area contributed by atoms with Gasteiger partial charge in [-0.25, -0.2) is 13.2 Å². The van der Waals surface area contributed by atoms with Gasteiger partial charge >= 0.3 is 0 Å². The molecule has 0 aliphatic heterocycles. The lowest BCUT2D eigenvalue weighted by atomic mass is 10.2. The summed E-state index contributed by atoms with van der Waals surface area (Å²) in [4.78, 5) is 0. The fourth-order valence-corrected chi connectivity index (χ4v) is 0.814. The van der Waals surface area contributed by atoms with Crippen LogP contribution >= 0.6 is 0 Å². The number of hydrogen-bond donors (Lipinski definition) is 0. The third kappa shape index (κ3) is 1.51. The second-order valence-electron chi connectivity index (χ2n) is 2.25. The summed E-state index contributed by atoms with van der Waals surface area (Å²) in [6.07, 6.45) is 0. The Morgan fingerprint density at radius 1 is 0.786 bits per heavy atom. The fraction of sp³-hybridized carbons (Fsp3) is 0.125. The van der Waals surface area contributed by atoms with Crippen molar-refractivity contribution in [2.45, 2.75) is 0 Å². The minimum atomic E-state index is -2.21. The van der Waals surface area contributed by atoms with Crippen molar-refractivity contribution in [2.24, 2.45) is 0 Å². The molecule has 0 aromatic heterocycles. The van der Waals surface area contributed by atoms with Crippen LogP contribution < -0.4 is 4.74 Å². The lowest BCUT2D eigenvalue weighted by molar-refractivity contribution is 0.286. The lowest BCUT2D eigenvalue weighted by Crippen LogP contribution is -2.06. The van der Waals surface area contributed by atoms with E-state index in [1.165, 1.54) is 0 Å². The van der Waals surface area contributed by atoms with Gasteiger partial charge in [-0.15, -0.1) is 0 Å². The molecule has 1 nitrogen and oxygen atoms in total. The maximum absolute atomic E-state index is 12.7. The highest BCUT2D eigenvalue weighted by molar-refractivity contribution is 5.29. The fourth-order valence-electron chi connectivity index (χ4n) is 0.814. The van der Waals surface area contributed by atoms with Crippen LogP contribution in [0.3, 0.4) is 0 Å². The van der Waals surface area contributed by atoms with E-state index in [2.05, 4.69) is 11.7 Å². The van der Waals surface area contributed by atoms with Crippen LogP contribution in [-0.2, 0) is 0 Å². The molecule has 1 radical (unpaired) electrons. The average molecular weight is 211 g/mol. The summed E-state index contributed by atoms with van der Waals surface area (Å²) in [5, 5.41) is 0. The van der Waals surface area contributed by atoms with Crippen molar-refractivity contribution in [2.75, 3.05) is 6.61 Å². The molecular weight excluding hydrogens is 207 g/mol. The molecule has 0 bridgehead atoms. The molecule has 0 unspecified atom stereocenters. The van der Waals surface area contributed by atoms with Crippen molar-refractivity contribution in [1.29, 1.82) is 0 Å². The van der Waals surface area contributed by atoms with Crippen LogP contribution in [0.5, 0.6) is 5.75 Å². The topological polar surface area (TPSA) is 9.23 Å². The quantitative estimate of drug-likeness (QED) is 0.415. The van der Waals surface area contributed by atoms with Crippen molar-refractivity contribution in [3.05, 3.63) is 36.0 Å². The second-order valence-corrected chi connectivity index (χ2v) is 2.25. The Bertz CT molecular complexity index is 334. The maximum Gasteiger partial charge on any atom is 0.206 e. The second kappa shape index (κ2) is 3.81. The van der Waals surface area contributed by atoms with E-state index in [1.807, 2.05) is 0 Å². The van der Waals surface area contributed by atoms with Gasteiger partial charge in [-0.3, -0.25) is 0 Å². The number of ether oxygens (including phenoxy) is 1. The Balaban J connectivity index is 3.43. The van der Waals surface area contributed by atoms with Crippen molar-refractivity contribution in [1.82, 2.24) is 0 Å². The Morgan fingerprint density at radius 2 is 1.14 bits per heavy atom. The van der Waals surface area contributed by atoms with Crippen LogP contribution in [0.4, 0.5) is 22.0 Å². The summed E-state index contributed by atoms with van der Waals surface area (Å²) in [5.74, 6) is -11.6. The summed E-state index contributed by atoms with van der Waals surface area (Å²) in [6, 6.07) is 0. The zero-order valence-corrected chi connectivity index (χ0v) is 6.71. The normalized spacial score (nSPS) is 10.4. The number of benzene rings is 1. The molecule has 0 fully saturated rings. The summed E-state index contributed by atoms with van der Waals surface area (Å²) in [7, 11) is 0. The minimum Gasteiger partial charge on any atom is -0.487 e. The van der Waals surface area contributed by atoms with E-state index in [4.69, 9.17) is 0 Å². The van der Waals surface area contributed by atoms with E-state index in [0.717, 1.165) is 0 Å². The predicted octanol–water partition coefficient (Wildman–Crippen LogP) is 2.59. The van der Waals surface area contributed by atoms with Crippen LogP contribution in [0.1, 0.15) is 0 Å². The van der Waals surface area contributed by atoms with Gasteiger partial charge in [-0.2, -0.15) is 8.78 Å². The van der Waals surface area contributed by atoms with E-state index in [0.29, 0.717) is 0 Å². The predicted molar refractivity (Wildman–Crippen MR) is 37.1 cm³/mol. The van der Waals surface area contributed by atoms with Gasteiger partial charge in [-0.1, -0.05) is 0 Å². The lowest BCUT2D eigenvalue weighted by Gasteiger charge is -2.07. The van der Waals surface area contributed by atoms with Gasteiger partial charge in [-0.05, 0) is 6.92 Å². The molecule has 0 atom stereocenters. The van der Waals surface area contributed by atoms with Crippen LogP contribution in [0, 0.1) is 36.0 Å². The summed E-state index contributed by atoms with van der Waals surface area (Å²) < 4.78 is 67.0. The van der Waals surface area contributed by atoms with Crippen molar-refractivity contribution >= 4 is 0 Å². The molecule has 14 heavy (non-hydrogen) atoms. The van der Waals surface area contributed by atoms with E-state index in [1.54, 1.807) is 0 Å². The number of halogens is 5. The Hall–Kier alpha value is -1.33. The highest BCUT2D eigenvalue weighted by Crippen LogP contribution is 2.28. The van der Waals surface area contributed by atoms with Crippen molar-refractivity contribution in [3.63, 3.8) is 0 Å². The van der Waals surface area contributed by atoms with Crippen molar-refractivity contribution in [3.8, 4) is 5.75 Å². The molecule has 6 heteroatoms. The minimum absolute atomic E-state index is 0.446. The molecular formula is C8H4F5O. The zero-order valence-electron chi connectivity index (χ0n) is 6.71. The van der Waals surface area contributed by atoms with E-state index in [9.17, 15) is 22.0 Å². The number of rotatable bonds is 2.